The number of H-pyrrole nitrogens is 1. The summed E-state index contributed by atoms with van der Waals surface area (Å²) in [7, 11) is 7.10. The first-order valence-corrected chi connectivity index (χ1v) is 5.33. The molecule has 2 aromatic rings. The number of ether oxygens (including phenoxy) is 1. The average Bonchev–Trinajstić information content (AvgIpc) is 2.73. The minimum absolute atomic E-state index is 0.236. The van der Waals surface area contributed by atoms with Gasteiger partial charge in [-0.1, -0.05) is 28.7 Å². The van der Waals surface area contributed by atoms with Crippen molar-refractivity contribution in [3.8, 4) is 6.01 Å². The first kappa shape index (κ1) is 12.1. The molecule has 8 heteroatoms. The molecule has 1 aromatic carbocycles. The maximum atomic E-state index is 5.90. The molecule has 0 spiro atoms. The predicted molar refractivity (Wildman–Crippen MR) is 68.1 cm³/mol. The number of methoxy groups -OCH3 is 1. The van der Waals surface area contributed by atoms with Gasteiger partial charge >= 0.3 is 6.01 Å². The zero-order chi connectivity index (χ0) is 12.4. The van der Waals surface area contributed by atoms with Crippen LogP contribution in [0.5, 0.6) is 6.01 Å². The number of nitrogens with one attached hydrogen (secondary N) is 2. The summed E-state index contributed by atoms with van der Waals surface area (Å²) in [6.45, 7) is 0. The van der Waals surface area contributed by atoms with Crippen LogP contribution in [0.2, 0.25) is 10.0 Å². The standard InChI is InChI=1S/C9H7BCl2N4O/c1-17-9-14-8(15-16-9)13-4-2-5(11)7(10)6(12)3-4/h2-3H,1H3,(H2,13,14,15,16). The van der Waals surface area contributed by atoms with Crippen LogP contribution in [0.15, 0.2) is 12.1 Å². The van der Waals surface area contributed by atoms with Crippen molar-refractivity contribution >= 4 is 48.1 Å². The zero-order valence-corrected chi connectivity index (χ0v) is 10.3. The van der Waals surface area contributed by atoms with Gasteiger partial charge in [-0.2, -0.15) is 4.98 Å². The van der Waals surface area contributed by atoms with E-state index in [0.29, 0.717) is 27.1 Å². The smallest absolute Gasteiger partial charge is 0.336 e. The molecule has 86 valence electrons. The van der Waals surface area contributed by atoms with Crippen LogP contribution >= 0.6 is 23.2 Å². The van der Waals surface area contributed by atoms with E-state index in [1.54, 1.807) is 12.1 Å². The largest absolute Gasteiger partial charge is 0.466 e. The van der Waals surface area contributed by atoms with Gasteiger partial charge in [0.15, 0.2) is 0 Å². The minimum Gasteiger partial charge on any atom is -0.466 e. The third-order valence-corrected chi connectivity index (χ3v) is 2.61. The van der Waals surface area contributed by atoms with Crippen molar-refractivity contribution in [1.82, 2.24) is 15.2 Å². The zero-order valence-electron chi connectivity index (χ0n) is 8.79. The van der Waals surface area contributed by atoms with E-state index in [1.807, 2.05) is 0 Å². The Hall–Kier alpha value is -1.40. The molecule has 0 amide bonds. The molecular weight excluding hydrogens is 262 g/mol. The van der Waals surface area contributed by atoms with E-state index >= 15 is 0 Å². The number of nitrogens with zero attached hydrogens (tertiary/aromatic N) is 2. The molecule has 0 unspecified atom stereocenters. The number of benzene rings is 1. The second-order valence-corrected chi connectivity index (χ2v) is 3.96. The molecule has 2 radical (unpaired) electrons. The van der Waals surface area contributed by atoms with Gasteiger partial charge in [0.05, 0.1) is 7.11 Å². The molecule has 0 saturated carbocycles. The van der Waals surface area contributed by atoms with Crippen molar-refractivity contribution < 1.29 is 4.74 Å². The number of halogens is 2. The van der Waals surface area contributed by atoms with Crippen molar-refractivity contribution in [3.05, 3.63) is 22.2 Å². The van der Waals surface area contributed by atoms with E-state index < -0.39 is 0 Å². The summed E-state index contributed by atoms with van der Waals surface area (Å²) in [5, 5.41) is 10.1. The summed E-state index contributed by atoms with van der Waals surface area (Å²) in [5.74, 6) is 0.416. The normalized spacial score (nSPS) is 10.3. The Labute approximate surface area is 109 Å². The summed E-state index contributed by atoms with van der Waals surface area (Å²) in [6.07, 6.45) is 0. The van der Waals surface area contributed by atoms with Gasteiger partial charge in [0.1, 0.15) is 7.85 Å². The van der Waals surface area contributed by atoms with Gasteiger partial charge in [0.2, 0.25) is 5.95 Å². The molecule has 1 aromatic heterocycles. The molecule has 0 atom stereocenters. The molecule has 0 bridgehead atoms. The van der Waals surface area contributed by atoms with Gasteiger partial charge in [-0.3, -0.25) is 0 Å². The number of rotatable bonds is 3. The molecule has 0 aliphatic heterocycles. The average molecular weight is 269 g/mol. The van der Waals surface area contributed by atoms with Crippen LogP contribution in [-0.2, 0) is 0 Å². The molecule has 17 heavy (non-hydrogen) atoms. The number of aromatic amines is 1. The Bertz CT molecular complexity index is 523. The SMILES string of the molecule is [B]c1c(Cl)cc(Nc2nc(OC)n[nH]2)cc1Cl. The van der Waals surface area contributed by atoms with Crippen LogP contribution < -0.4 is 15.5 Å². The van der Waals surface area contributed by atoms with Gasteiger partial charge in [0.25, 0.3) is 0 Å². The molecular formula is C9H7BCl2N4O. The topological polar surface area (TPSA) is 62.8 Å². The fraction of sp³-hybridized carbons (Fsp3) is 0.111. The van der Waals surface area contributed by atoms with E-state index in [2.05, 4.69) is 20.5 Å². The summed E-state index contributed by atoms with van der Waals surface area (Å²) < 4.78 is 4.83. The highest BCUT2D eigenvalue weighted by atomic mass is 35.5. The lowest BCUT2D eigenvalue weighted by molar-refractivity contribution is 0.382. The number of hydrogen-bond donors (Lipinski definition) is 2. The van der Waals surface area contributed by atoms with Crippen molar-refractivity contribution in [2.45, 2.75) is 0 Å². The van der Waals surface area contributed by atoms with Crippen LogP contribution in [0.1, 0.15) is 0 Å². The number of hydrogen-bond acceptors (Lipinski definition) is 4. The highest BCUT2D eigenvalue weighted by molar-refractivity contribution is 6.52. The summed E-state index contributed by atoms with van der Waals surface area (Å²) in [5.41, 5.74) is 0.988. The first-order valence-electron chi connectivity index (χ1n) is 4.58. The van der Waals surface area contributed by atoms with Gasteiger partial charge in [-0.05, 0) is 12.1 Å². The van der Waals surface area contributed by atoms with E-state index in [-0.39, 0.29) is 6.01 Å². The maximum Gasteiger partial charge on any atom is 0.336 e. The quantitative estimate of drug-likeness (QED) is 0.831. The maximum absolute atomic E-state index is 5.90. The Kier molecular flexibility index (Phi) is 3.45. The van der Waals surface area contributed by atoms with Crippen molar-refractivity contribution in [1.29, 1.82) is 0 Å². The van der Waals surface area contributed by atoms with Gasteiger partial charge in [0, 0.05) is 15.7 Å². The van der Waals surface area contributed by atoms with E-state index in [1.165, 1.54) is 7.11 Å². The summed E-state index contributed by atoms with van der Waals surface area (Å²) >= 11 is 11.8. The van der Waals surface area contributed by atoms with Crippen molar-refractivity contribution in [2.75, 3.05) is 12.4 Å². The lowest BCUT2D eigenvalue weighted by atomic mass is 9.96. The van der Waals surface area contributed by atoms with Gasteiger partial charge in [-0.15, -0.1) is 5.10 Å². The fourth-order valence-electron chi connectivity index (χ4n) is 1.19. The molecule has 0 aliphatic rings. The Balaban J connectivity index is 2.24. The minimum atomic E-state index is 0.236. The second-order valence-electron chi connectivity index (χ2n) is 3.15. The van der Waals surface area contributed by atoms with Crippen LogP contribution in [0, 0.1) is 0 Å². The van der Waals surface area contributed by atoms with Crippen LogP contribution in [0.25, 0.3) is 0 Å². The monoisotopic (exact) mass is 268 g/mol. The fourth-order valence-corrected chi connectivity index (χ4v) is 1.67. The van der Waals surface area contributed by atoms with Crippen LogP contribution in [0.3, 0.4) is 0 Å². The highest BCUT2D eigenvalue weighted by Gasteiger charge is 2.06. The lowest BCUT2D eigenvalue weighted by Crippen LogP contribution is -2.06. The van der Waals surface area contributed by atoms with Crippen molar-refractivity contribution in [3.63, 3.8) is 0 Å². The van der Waals surface area contributed by atoms with Gasteiger partial charge < -0.3 is 10.1 Å². The Morgan fingerprint density at radius 1 is 1.35 bits per heavy atom. The molecule has 0 saturated heterocycles. The molecule has 2 N–H and O–H groups in total. The number of anilines is 2. The van der Waals surface area contributed by atoms with E-state index in [9.17, 15) is 0 Å². The summed E-state index contributed by atoms with van der Waals surface area (Å²) in [4.78, 5) is 3.99. The van der Waals surface area contributed by atoms with Crippen LogP contribution in [-0.4, -0.2) is 30.1 Å². The first-order chi connectivity index (χ1) is 8.10. The van der Waals surface area contributed by atoms with E-state index in [4.69, 9.17) is 35.8 Å². The molecule has 5 nitrogen and oxygen atoms in total. The van der Waals surface area contributed by atoms with E-state index in [0.717, 1.165) is 0 Å². The lowest BCUT2D eigenvalue weighted by Gasteiger charge is -2.07. The highest BCUT2D eigenvalue weighted by Crippen LogP contribution is 2.22. The Morgan fingerprint density at radius 3 is 2.53 bits per heavy atom. The predicted octanol–water partition coefficient (Wildman–Crippen LogP) is 1.66. The van der Waals surface area contributed by atoms with Crippen molar-refractivity contribution in [2.24, 2.45) is 0 Å². The molecule has 2 rings (SSSR count). The molecule has 0 aliphatic carbocycles. The third kappa shape index (κ3) is 2.65. The van der Waals surface area contributed by atoms with Gasteiger partial charge in [-0.25, -0.2) is 5.10 Å². The summed E-state index contributed by atoms with van der Waals surface area (Å²) in [6, 6.07) is 3.51. The molecule has 0 fully saturated rings. The third-order valence-electron chi connectivity index (χ3n) is 1.99. The number of aromatic nitrogens is 3. The Morgan fingerprint density at radius 2 is 2.00 bits per heavy atom. The van der Waals surface area contributed by atoms with Crippen LogP contribution in [0.4, 0.5) is 11.6 Å². The molecule has 1 heterocycles. The second kappa shape index (κ2) is 4.85.